The number of hydrogen-bond donors (Lipinski definition) is 3. The molecule has 3 N–H and O–H groups in total. The summed E-state index contributed by atoms with van der Waals surface area (Å²) in [7, 11) is 0. The zero-order chi connectivity index (χ0) is 11.5. The smallest absolute Gasteiger partial charge is 0.305 e. The number of benzene rings is 1. The lowest BCUT2D eigenvalue weighted by atomic mass is 10.1. The predicted octanol–water partition coefficient (Wildman–Crippen LogP) is 1.28. The molecule has 0 aromatic heterocycles. The Bertz CT molecular complexity index is 431. The number of hydrogen-bond acceptors (Lipinski definition) is 3. The van der Waals surface area contributed by atoms with Gasteiger partial charge < -0.3 is 15.7 Å². The zero-order valence-electron chi connectivity index (χ0n) is 8.56. The van der Waals surface area contributed by atoms with Crippen LogP contribution in [0.3, 0.4) is 0 Å². The maximum absolute atomic E-state index is 11.5. The van der Waals surface area contributed by atoms with E-state index >= 15 is 0 Å². The number of aliphatic carboxylic acids is 1. The Labute approximate surface area is 92.5 Å². The summed E-state index contributed by atoms with van der Waals surface area (Å²) in [5.74, 6) is -1.08. The van der Waals surface area contributed by atoms with Crippen molar-refractivity contribution in [3.05, 3.63) is 24.3 Å². The molecule has 1 aliphatic heterocycles. The third kappa shape index (κ3) is 2.31. The minimum absolute atomic E-state index is 0.0677. The van der Waals surface area contributed by atoms with Crippen LogP contribution in [-0.4, -0.2) is 23.0 Å². The van der Waals surface area contributed by atoms with E-state index in [2.05, 4.69) is 10.6 Å². The summed E-state index contributed by atoms with van der Waals surface area (Å²) >= 11 is 0. The van der Waals surface area contributed by atoms with Gasteiger partial charge in [0.2, 0.25) is 5.91 Å². The molecule has 0 radical (unpaired) electrons. The van der Waals surface area contributed by atoms with E-state index < -0.39 is 5.97 Å². The third-order valence-corrected chi connectivity index (χ3v) is 2.41. The highest BCUT2D eigenvalue weighted by Gasteiger charge is 2.22. The van der Waals surface area contributed by atoms with Crippen LogP contribution in [0.15, 0.2) is 24.3 Å². The van der Waals surface area contributed by atoms with E-state index in [0.717, 1.165) is 5.69 Å². The molecule has 16 heavy (non-hydrogen) atoms. The van der Waals surface area contributed by atoms with E-state index in [1.807, 2.05) is 18.2 Å². The maximum Gasteiger partial charge on any atom is 0.305 e. The first-order valence-electron chi connectivity index (χ1n) is 5.02. The van der Waals surface area contributed by atoms with E-state index in [-0.39, 0.29) is 24.8 Å². The Hall–Kier alpha value is -2.04. The first-order valence-corrected chi connectivity index (χ1v) is 5.02. The van der Waals surface area contributed by atoms with Crippen LogP contribution in [0.1, 0.15) is 12.8 Å². The molecule has 5 nitrogen and oxygen atoms in total. The molecule has 1 unspecified atom stereocenters. The molecule has 5 heteroatoms. The van der Waals surface area contributed by atoms with Gasteiger partial charge in [0.25, 0.3) is 0 Å². The van der Waals surface area contributed by atoms with E-state index in [4.69, 9.17) is 5.11 Å². The van der Waals surface area contributed by atoms with Gasteiger partial charge in [0.05, 0.1) is 17.8 Å². The number of carbonyl (C=O) groups excluding carboxylic acids is 1. The monoisotopic (exact) mass is 220 g/mol. The molecule has 0 saturated carbocycles. The van der Waals surface area contributed by atoms with Gasteiger partial charge in [-0.05, 0) is 12.1 Å². The number of nitrogens with one attached hydrogen (secondary N) is 2. The number of carboxylic acids is 1. The van der Waals surface area contributed by atoms with E-state index in [9.17, 15) is 9.59 Å². The first-order chi connectivity index (χ1) is 7.65. The fraction of sp³-hybridized carbons (Fsp3) is 0.273. The Morgan fingerprint density at radius 3 is 2.75 bits per heavy atom. The van der Waals surface area contributed by atoms with Crippen LogP contribution in [-0.2, 0) is 9.59 Å². The second-order valence-corrected chi connectivity index (χ2v) is 3.74. The van der Waals surface area contributed by atoms with Crippen LogP contribution < -0.4 is 10.6 Å². The van der Waals surface area contributed by atoms with Crippen molar-refractivity contribution in [3.8, 4) is 0 Å². The van der Waals surface area contributed by atoms with Crippen LogP contribution in [0.2, 0.25) is 0 Å². The van der Waals surface area contributed by atoms with Crippen molar-refractivity contribution in [3.63, 3.8) is 0 Å². The summed E-state index contributed by atoms with van der Waals surface area (Å²) in [4.78, 5) is 22.1. The Morgan fingerprint density at radius 1 is 1.38 bits per heavy atom. The number of para-hydroxylation sites is 2. The lowest BCUT2D eigenvalue weighted by molar-refractivity contribution is -0.137. The molecular weight excluding hydrogens is 208 g/mol. The van der Waals surface area contributed by atoms with Gasteiger partial charge in [0.1, 0.15) is 0 Å². The Morgan fingerprint density at radius 2 is 2.06 bits per heavy atom. The lowest BCUT2D eigenvalue weighted by Gasteiger charge is -2.14. The number of fused-ring (bicyclic) bond motifs is 1. The fourth-order valence-electron chi connectivity index (χ4n) is 1.75. The lowest BCUT2D eigenvalue weighted by Crippen LogP contribution is -2.25. The van der Waals surface area contributed by atoms with E-state index in [0.29, 0.717) is 5.69 Å². The predicted molar refractivity (Wildman–Crippen MR) is 59.4 cm³/mol. The molecule has 1 aromatic rings. The number of anilines is 2. The summed E-state index contributed by atoms with van der Waals surface area (Å²) in [6, 6.07) is 6.89. The van der Waals surface area contributed by atoms with Gasteiger partial charge in [-0.2, -0.15) is 0 Å². The van der Waals surface area contributed by atoms with Crippen LogP contribution >= 0.6 is 0 Å². The van der Waals surface area contributed by atoms with Gasteiger partial charge in [-0.15, -0.1) is 0 Å². The highest BCUT2D eigenvalue weighted by atomic mass is 16.4. The summed E-state index contributed by atoms with van der Waals surface area (Å²) < 4.78 is 0. The minimum atomic E-state index is -0.912. The number of rotatable bonds is 2. The van der Waals surface area contributed by atoms with Crippen LogP contribution in [0, 0.1) is 0 Å². The minimum Gasteiger partial charge on any atom is -0.481 e. The van der Waals surface area contributed by atoms with Crippen molar-refractivity contribution < 1.29 is 14.7 Å². The van der Waals surface area contributed by atoms with Crippen molar-refractivity contribution in [2.24, 2.45) is 0 Å². The van der Waals surface area contributed by atoms with Gasteiger partial charge in [-0.1, -0.05) is 12.1 Å². The van der Waals surface area contributed by atoms with Crippen molar-refractivity contribution >= 4 is 23.3 Å². The summed E-state index contributed by atoms with van der Waals surface area (Å²) in [6.07, 6.45) is 0.0999. The first kappa shape index (κ1) is 10.5. The molecule has 0 aliphatic carbocycles. The number of amides is 1. The van der Waals surface area contributed by atoms with Gasteiger partial charge in [-0.3, -0.25) is 9.59 Å². The molecule has 0 spiro atoms. The molecule has 84 valence electrons. The van der Waals surface area contributed by atoms with Crippen molar-refractivity contribution in [2.75, 3.05) is 10.6 Å². The third-order valence-electron chi connectivity index (χ3n) is 2.41. The van der Waals surface area contributed by atoms with E-state index in [1.165, 1.54) is 0 Å². The normalized spacial score (nSPS) is 19.0. The molecule has 1 heterocycles. The number of carbonyl (C=O) groups is 2. The van der Waals surface area contributed by atoms with Crippen molar-refractivity contribution in [1.82, 2.24) is 0 Å². The summed E-state index contributed by atoms with van der Waals surface area (Å²) in [5.41, 5.74) is 1.46. The topological polar surface area (TPSA) is 78.4 Å². The zero-order valence-corrected chi connectivity index (χ0v) is 8.56. The van der Waals surface area contributed by atoms with Crippen LogP contribution in [0.25, 0.3) is 0 Å². The SMILES string of the molecule is O=C(O)CC1CC(=O)Nc2ccccc2N1. The molecule has 1 atom stereocenters. The van der Waals surface area contributed by atoms with Gasteiger partial charge in [0, 0.05) is 12.5 Å². The van der Waals surface area contributed by atoms with Crippen LogP contribution in [0.4, 0.5) is 11.4 Å². The Kier molecular flexibility index (Phi) is 2.76. The van der Waals surface area contributed by atoms with Gasteiger partial charge in [0.15, 0.2) is 0 Å². The molecular formula is C11H12N2O3. The molecule has 0 fully saturated rings. The molecule has 0 bridgehead atoms. The van der Waals surface area contributed by atoms with Gasteiger partial charge in [-0.25, -0.2) is 0 Å². The second-order valence-electron chi connectivity index (χ2n) is 3.74. The summed E-state index contributed by atoms with van der Waals surface area (Å²) in [6.45, 7) is 0. The van der Waals surface area contributed by atoms with Crippen LogP contribution in [0.5, 0.6) is 0 Å². The highest BCUT2D eigenvalue weighted by molar-refractivity contribution is 5.96. The molecule has 1 aromatic carbocycles. The maximum atomic E-state index is 11.5. The average molecular weight is 220 g/mol. The fourth-order valence-corrected chi connectivity index (χ4v) is 1.75. The highest BCUT2D eigenvalue weighted by Crippen LogP contribution is 2.26. The number of carboxylic acid groups (broad SMARTS) is 1. The molecule has 1 aliphatic rings. The quantitative estimate of drug-likeness (QED) is 0.701. The largest absolute Gasteiger partial charge is 0.481 e. The summed E-state index contributed by atoms with van der Waals surface area (Å²) in [5, 5.41) is 14.5. The van der Waals surface area contributed by atoms with Gasteiger partial charge >= 0.3 is 5.97 Å². The van der Waals surface area contributed by atoms with E-state index in [1.54, 1.807) is 6.07 Å². The molecule has 0 saturated heterocycles. The van der Waals surface area contributed by atoms with Crippen molar-refractivity contribution in [1.29, 1.82) is 0 Å². The Balaban J connectivity index is 2.23. The average Bonchev–Trinajstić information content (AvgIpc) is 2.33. The van der Waals surface area contributed by atoms with Crippen molar-refractivity contribution in [2.45, 2.75) is 18.9 Å². The second kappa shape index (κ2) is 4.22. The molecule has 1 amide bonds. The standard InChI is InChI=1S/C11H12N2O3/c14-10-5-7(6-11(15)16)12-8-3-1-2-4-9(8)13-10/h1-4,7,12H,5-6H2,(H,13,14)(H,15,16). The molecule has 2 rings (SSSR count).